The van der Waals surface area contributed by atoms with Crippen LogP contribution in [0.4, 0.5) is 8.78 Å². The number of carbonyl (C=O) groups excluding carboxylic acids is 1. The molecule has 0 radical (unpaired) electrons. The Labute approximate surface area is 238 Å². The zero-order chi connectivity index (χ0) is 28.1. The fourth-order valence-electron chi connectivity index (χ4n) is 6.16. The molecule has 4 aromatic rings. The van der Waals surface area contributed by atoms with Crippen molar-refractivity contribution in [1.82, 2.24) is 14.5 Å². The van der Waals surface area contributed by atoms with E-state index in [2.05, 4.69) is 4.98 Å². The number of likely N-dealkylation sites (tertiary alicyclic amines) is 1. The van der Waals surface area contributed by atoms with Gasteiger partial charge >= 0.3 is 0 Å². The zero-order valence-electron chi connectivity index (χ0n) is 22.2. The minimum Gasteiger partial charge on any atom is -0.388 e. The number of aliphatic hydroxyl groups is 1. The van der Waals surface area contributed by atoms with Crippen molar-refractivity contribution in [2.45, 2.75) is 63.0 Å². The third kappa shape index (κ3) is 5.24. The largest absolute Gasteiger partial charge is 0.388 e. The van der Waals surface area contributed by atoms with Gasteiger partial charge in [-0.2, -0.15) is 0 Å². The molecule has 2 atom stereocenters. The second-order valence-corrected chi connectivity index (χ2v) is 13.2. The van der Waals surface area contributed by atoms with Gasteiger partial charge in [-0.1, -0.05) is 30.3 Å². The summed E-state index contributed by atoms with van der Waals surface area (Å²) in [5.74, 6) is -3.89. The summed E-state index contributed by atoms with van der Waals surface area (Å²) in [5, 5.41) is 15.6. The summed E-state index contributed by atoms with van der Waals surface area (Å²) in [5.41, 5.74) is 1.10. The lowest BCUT2D eigenvalue weighted by molar-refractivity contribution is -0.145. The molecule has 0 spiro atoms. The maximum Gasteiger partial charge on any atom is 0.262 e. The van der Waals surface area contributed by atoms with Crippen molar-refractivity contribution in [2.75, 3.05) is 13.1 Å². The van der Waals surface area contributed by atoms with E-state index in [0.717, 1.165) is 20.9 Å². The molecule has 3 aromatic heterocycles. The van der Waals surface area contributed by atoms with E-state index in [1.165, 1.54) is 33.6 Å². The van der Waals surface area contributed by atoms with Gasteiger partial charge in [-0.25, -0.2) is 13.8 Å². The van der Waals surface area contributed by atoms with E-state index >= 15 is 0 Å². The van der Waals surface area contributed by atoms with Crippen molar-refractivity contribution >= 4 is 39.5 Å². The third-order valence-corrected chi connectivity index (χ3v) is 10.3. The van der Waals surface area contributed by atoms with Crippen molar-refractivity contribution in [3.8, 4) is 10.4 Å². The van der Waals surface area contributed by atoms with Crippen LogP contribution in [0.3, 0.4) is 0 Å². The molecule has 1 aliphatic heterocycles. The molecule has 2 fully saturated rings. The summed E-state index contributed by atoms with van der Waals surface area (Å²) in [4.78, 5) is 35.1. The van der Waals surface area contributed by atoms with E-state index in [4.69, 9.17) is 0 Å². The van der Waals surface area contributed by atoms with E-state index in [1.807, 2.05) is 54.1 Å². The van der Waals surface area contributed by atoms with Crippen molar-refractivity contribution in [1.29, 1.82) is 0 Å². The highest BCUT2D eigenvalue weighted by atomic mass is 32.1. The first kappa shape index (κ1) is 27.2. The predicted octanol–water partition coefficient (Wildman–Crippen LogP) is 6.07. The number of halogens is 2. The van der Waals surface area contributed by atoms with Crippen LogP contribution in [0.25, 0.3) is 21.3 Å². The molecule has 6 nitrogen and oxygen atoms in total. The number of fused-ring (bicyclic) bond motifs is 1. The van der Waals surface area contributed by atoms with Gasteiger partial charge in [-0.05, 0) is 48.8 Å². The van der Waals surface area contributed by atoms with Crippen LogP contribution in [0.5, 0.6) is 0 Å². The van der Waals surface area contributed by atoms with E-state index in [1.54, 1.807) is 4.90 Å². The fraction of sp³-hybridized carbons (Fsp3) is 0.433. The normalized spacial score (nSPS) is 22.4. The molecule has 0 unspecified atom stereocenters. The average Bonchev–Trinajstić information content (AvgIpc) is 3.57. The van der Waals surface area contributed by atoms with Crippen molar-refractivity contribution in [3.05, 3.63) is 74.3 Å². The molecule has 1 N–H and O–H groups in total. The van der Waals surface area contributed by atoms with Crippen LogP contribution in [-0.2, 0) is 11.3 Å². The van der Waals surface area contributed by atoms with Gasteiger partial charge in [0.25, 0.3) is 5.56 Å². The quantitative estimate of drug-likeness (QED) is 0.310. The number of thiophene rings is 2. The molecular formula is C30H31F2N3O3S2. The van der Waals surface area contributed by atoms with Crippen molar-refractivity contribution in [3.63, 3.8) is 0 Å². The summed E-state index contributed by atoms with van der Waals surface area (Å²) in [7, 11) is 0. The number of aryl methyl sites for hydroxylation is 1. The minimum atomic E-state index is -2.77. The molecule has 1 aliphatic carbocycles. The Morgan fingerprint density at radius 2 is 1.88 bits per heavy atom. The summed E-state index contributed by atoms with van der Waals surface area (Å²) in [6.07, 6.45) is 1.65. The number of nitrogens with zero attached hydrogens (tertiary/aromatic N) is 3. The van der Waals surface area contributed by atoms with Gasteiger partial charge in [0.15, 0.2) is 0 Å². The fourth-order valence-corrected chi connectivity index (χ4v) is 7.93. The van der Waals surface area contributed by atoms with Crippen LogP contribution in [0.2, 0.25) is 0 Å². The Hall–Kier alpha value is -2.95. The van der Waals surface area contributed by atoms with Gasteiger partial charge < -0.3 is 10.0 Å². The van der Waals surface area contributed by atoms with Crippen molar-refractivity contribution < 1.29 is 18.7 Å². The van der Waals surface area contributed by atoms with E-state index in [9.17, 15) is 23.5 Å². The molecule has 1 aromatic carbocycles. The summed E-state index contributed by atoms with van der Waals surface area (Å²) >= 11 is 2.99. The van der Waals surface area contributed by atoms with E-state index in [0.29, 0.717) is 36.8 Å². The molecule has 10 heteroatoms. The molecule has 4 heterocycles. The highest BCUT2D eigenvalue weighted by molar-refractivity contribution is 7.15. The number of aromatic nitrogens is 2. The van der Waals surface area contributed by atoms with Crippen LogP contribution in [0.15, 0.2) is 58.3 Å². The van der Waals surface area contributed by atoms with Crippen molar-refractivity contribution in [2.24, 2.45) is 5.92 Å². The van der Waals surface area contributed by atoms with Gasteiger partial charge in [0.1, 0.15) is 0 Å². The Morgan fingerprint density at radius 3 is 2.58 bits per heavy atom. The summed E-state index contributed by atoms with van der Waals surface area (Å²) < 4.78 is 30.2. The number of amides is 1. The van der Waals surface area contributed by atoms with Crippen LogP contribution < -0.4 is 5.56 Å². The highest BCUT2D eigenvalue weighted by Gasteiger charge is 2.47. The SMILES string of the molecule is Cc1cc([C@@H]2CC(F)(F)CC[C@H]2C(=O)N2CCC(O)(Cn3cnc4c(-c5ccccc5)scc4c3=O)CC2)cs1. The Kier molecular flexibility index (Phi) is 7.13. The summed E-state index contributed by atoms with van der Waals surface area (Å²) in [6.45, 7) is 2.66. The summed E-state index contributed by atoms with van der Waals surface area (Å²) in [6, 6.07) is 11.7. The number of hydrogen-bond donors (Lipinski definition) is 1. The van der Waals surface area contributed by atoms with Gasteiger partial charge in [0.05, 0.1) is 34.3 Å². The lowest BCUT2D eigenvalue weighted by atomic mass is 9.73. The maximum absolute atomic E-state index is 14.4. The monoisotopic (exact) mass is 583 g/mol. The molecule has 6 rings (SSSR count). The molecule has 2 aliphatic rings. The smallest absolute Gasteiger partial charge is 0.262 e. The topological polar surface area (TPSA) is 75.4 Å². The van der Waals surface area contributed by atoms with Crippen LogP contribution in [-0.4, -0.2) is 50.1 Å². The minimum absolute atomic E-state index is 0.0831. The standard InChI is InChI=1S/C30H31F2N3O3S2/c1-19-13-21(15-39-19)23-14-30(31,32)8-7-22(23)27(36)34-11-9-29(38,10-12-34)17-35-18-33-25-24(28(35)37)16-40-26(25)20-5-3-2-4-6-20/h2-6,13,15-16,18,22-23,38H,7-12,14,17H2,1H3/t22-,23+/m1/s1. The first-order valence-electron chi connectivity index (χ1n) is 13.6. The molecule has 1 amide bonds. The first-order chi connectivity index (χ1) is 19.1. The zero-order valence-corrected chi connectivity index (χ0v) is 23.8. The third-order valence-electron chi connectivity index (χ3n) is 8.41. The van der Waals surface area contributed by atoms with Gasteiger partial charge in [0, 0.05) is 48.0 Å². The molecule has 1 saturated heterocycles. The van der Waals surface area contributed by atoms with E-state index in [-0.39, 0.29) is 37.3 Å². The van der Waals surface area contributed by atoms with E-state index < -0.39 is 23.4 Å². The Bertz CT molecular complexity index is 1590. The molecule has 0 bridgehead atoms. The first-order valence-corrected chi connectivity index (χ1v) is 15.3. The molecule has 210 valence electrons. The number of benzene rings is 1. The number of carbonyl (C=O) groups is 1. The number of alkyl halides is 2. The molecule has 40 heavy (non-hydrogen) atoms. The van der Waals surface area contributed by atoms with Gasteiger partial charge in [-0.3, -0.25) is 14.2 Å². The van der Waals surface area contributed by atoms with Gasteiger partial charge in [0.2, 0.25) is 11.8 Å². The highest BCUT2D eigenvalue weighted by Crippen LogP contribution is 2.47. The predicted molar refractivity (Wildman–Crippen MR) is 154 cm³/mol. The second kappa shape index (κ2) is 10.5. The van der Waals surface area contributed by atoms with Crippen LogP contribution in [0, 0.1) is 12.8 Å². The number of piperidine rings is 1. The number of hydrogen-bond acceptors (Lipinski definition) is 6. The maximum atomic E-state index is 14.4. The van der Waals surface area contributed by atoms with Crippen LogP contribution >= 0.6 is 22.7 Å². The Morgan fingerprint density at radius 1 is 1.12 bits per heavy atom. The van der Waals surface area contributed by atoms with Crippen LogP contribution in [0.1, 0.15) is 48.5 Å². The van der Waals surface area contributed by atoms with Gasteiger partial charge in [-0.15, -0.1) is 22.7 Å². The lowest BCUT2D eigenvalue weighted by Gasteiger charge is -2.42. The lowest BCUT2D eigenvalue weighted by Crippen LogP contribution is -2.52. The molecular weight excluding hydrogens is 552 g/mol. The average molecular weight is 584 g/mol. The second-order valence-electron chi connectivity index (χ2n) is 11.2. The Balaban J connectivity index is 1.15. The molecule has 1 saturated carbocycles. The number of rotatable bonds is 5.